The molecule has 2 aliphatic rings. The Hall–Kier alpha value is -1.99. The van der Waals surface area contributed by atoms with Gasteiger partial charge in [-0.15, -0.1) is 0 Å². The van der Waals surface area contributed by atoms with Gasteiger partial charge in [0.15, 0.2) is 5.96 Å². The summed E-state index contributed by atoms with van der Waals surface area (Å²) in [4.78, 5) is 20.9. The molecule has 172 valence electrons. The maximum Gasteiger partial charge on any atom is 0.220 e. The molecular weight excluding hydrogens is 412 g/mol. The normalized spacial score (nSPS) is 20.8. The van der Waals surface area contributed by atoms with E-state index in [1.165, 1.54) is 5.69 Å². The highest BCUT2D eigenvalue weighted by atomic mass is 35.5. The van der Waals surface area contributed by atoms with Crippen molar-refractivity contribution >= 4 is 29.2 Å². The summed E-state index contributed by atoms with van der Waals surface area (Å²) < 4.78 is 0. The van der Waals surface area contributed by atoms with Gasteiger partial charge < -0.3 is 26.2 Å². The van der Waals surface area contributed by atoms with Crippen molar-refractivity contribution in [3.63, 3.8) is 0 Å². The van der Waals surface area contributed by atoms with E-state index >= 15 is 0 Å². The average molecular weight is 449 g/mol. The van der Waals surface area contributed by atoms with Crippen LogP contribution >= 0.6 is 11.6 Å². The van der Waals surface area contributed by atoms with E-state index in [0.717, 1.165) is 88.9 Å². The van der Waals surface area contributed by atoms with E-state index in [4.69, 9.17) is 22.3 Å². The molecule has 1 aromatic rings. The minimum atomic E-state index is -0.143. The topological polar surface area (TPSA) is 86.0 Å². The lowest BCUT2D eigenvalue weighted by molar-refractivity contribution is -0.123. The zero-order chi connectivity index (χ0) is 22.1. The molecule has 2 aliphatic heterocycles. The van der Waals surface area contributed by atoms with Crippen LogP contribution in [-0.2, 0) is 4.79 Å². The van der Waals surface area contributed by atoms with E-state index in [0.29, 0.717) is 6.04 Å². The van der Waals surface area contributed by atoms with E-state index in [1.54, 1.807) is 0 Å². The van der Waals surface area contributed by atoms with E-state index in [-0.39, 0.29) is 11.8 Å². The van der Waals surface area contributed by atoms with Gasteiger partial charge >= 0.3 is 0 Å². The fourth-order valence-electron chi connectivity index (χ4n) is 4.38. The van der Waals surface area contributed by atoms with Crippen LogP contribution in [0.3, 0.4) is 0 Å². The first-order valence-electron chi connectivity index (χ1n) is 11.6. The quantitative estimate of drug-likeness (QED) is 0.307. The Morgan fingerprint density at radius 3 is 2.74 bits per heavy atom. The van der Waals surface area contributed by atoms with E-state index in [9.17, 15) is 4.79 Å². The Kier molecular flexibility index (Phi) is 9.28. The summed E-state index contributed by atoms with van der Waals surface area (Å²) in [6.07, 6.45) is 5.06. The highest BCUT2D eigenvalue weighted by Crippen LogP contribution is 2.23. The number of benzene rings is 1. The monoisotopic (exact) mass is 448 g/mol. The van der Waals surface area contributed by atoms with Crippen molar-refractivity contribution in [2.45, 2.75) is 45.1 Å². The van der Waals surface area contributed by atoms with Crippen molar-refractivity contribution < 1.29 is 4.79 Å². The summed E-state index contributed by atoms with van der Waals surface area (Å²) in [5, 5.41) is 7.75. The largest absolute Gasteiger partial charge is 0.369 e. The second-order valence-electron chi connectivity index (χ2n) is 8.54. The highest BCUT2D eigenvalue weighted by Gasteiger charge is 2.24. The number of likely N-dealkylation sites (tertiary alicyclic amines) is 1. The Morgan fingerprint density at radius 2 is 2.03 bits per heavy atom. The first-order chi connectivity index (χ1) is 15.0. The molecule has 3 rings (SSSR count). The molecule has 0 saturated carbocycles. The molecule has 2 heterocycles. The third kappa shape index (κ3) is 7.58. The number of guanidine groups is 1. The second-order valence-corrected chi connectivity index (χ2v) is 8.98. The number of unbranched alkanes of at least 4 members (excludes halogenated alkanes) is 1. The maximum atomic E-state index is 11.3. The fourth-order valence-corrected chi connectivity index (χ4v) is 4.56. The Morgan fingerprint density at radius 1 is 1.23 bits per heavy atom. The Bertz CT molecular complexity index is 735. The van der Waals surface area contributed by atoms with Crippen molar-refractivity contribution in [2.24, 2.45) is 16.6 Å². The van der Waals surface area contributed by atoms with Gasteiger partial charge in [-0.05, 0) is 76.9 Å². The number of rotatable bonds is 9. The van der Waals surface area contributed by atoms with Crippen LogP contribution in [-0.4, -0.2) is 68.6 Å². The SMILES string of the molecule is CCNC(=NCCCCN1CCC(C(N)=O)CC1)NC1CCN(c2cccc(Cl)c2)C1. The summed E-state index contributed by atoms with van der Waals surface area (Å²) >= 11 is 6.14. The van der Waals surface area contributed by atoms with Crippen LogP contribution in [0, 0.1) is 5.92 Å². The van der Waals surface area contributed by atoms with Gasteiger partial charge in [0.05, 0.1) is 0 Å². The third-order valence-electron chi connectivity index (χ3n) is 6.19. The van der Waals surface area contributed by atoms with E-state index < -0.39 is 0 Å². The van der Waals surface area contributed by atoms with Gasteiger partial charge in [0.25, 0.3) is 0 Å². The van der Waals surface area contributed by atoms with Gasteiger partial charge in [0, 0.05) is 48.8 Å². The number of carbonyl (C=O) groups excluding carboxylic acids is 1. The van der Waals surface area contributed by atoms with Crippen LogP contribution in [0.5, 0.6) is 0 Å². The Balaban J connectivity index is 1.37. The van der Waals surface area contributed by atoms with Crippen molar-refractivity contribution in [2.75, 3.05) is 50.7 Å². The molecule has 0 bridgehead atoms. The number of nitrogens with zero attached hydrogens (tertiary/aromatic N) is 3. The number of hydrogen-bond donors (Lipinski definition) is 3. The minimum Gasteiger partial charge on any atom is -0.369 e. The summed E-state index contributed by atoms with van der Waals surface area (Å²) in [5.74, 6) is 0.832. The average Bonchev–Trinajstić information content (AvgIpc) is 3.22. The number of primary amides is 1. The van der Waals surface area contributed by atoms with Gasteiger partial charge in [-0.3, -0.25) is 9.79 Å². The number of hydrogen-bond acceptors (Lipinski definition) is 4. The predicted octanol–water partition coefficient (Wildman–Crippen LogP) is 2.45. The van der Waals surface area contributed by atoms with Crippen LogP contribution in [0.15, 0.2) is 29.3 Å². The van der Waals surface area contributed by atoms with Crippen LogP contribution in [0.4, 0.5) is 5.69 Å². The second kappa shape index (κ2) is 12.2. The molecule has 1 amide bonds. The zero-order valence-electron chi connectivity index (χ0n) is 18.7. The molecule has 31 heavy (non-hydrogen) atoms. The fraction of sp³-hybridized carbons (Fsp3) is 0.652. The molecule has 0 spiro atoms. The third-order valence-corrected chi connectivity index (χ3v) is 6.42. The number of halogens is 1. The molecule has 1 unspecified atom stereocenters. The summed E-state index contributed by atoms with van der Waals surface area (Å²) in [6.45, 7) is 8.76. The van der Waals surface area contributed by atoms with Crippen LogP contribution < -0.4 is 21.3 Å². The van der Waals surface area contributed by atoms with Gasteiger partial charge in [0.1, 0.15) is 0 Å². The van der Waals surface area contributed by atoms with Crippen LogP contribution in [0.1, 0.15) is 39.0 Å². The lowest BCUT2D eigenvalue weighted by Gasteiger charge is -2.30. The number of aliphatic imine (C=N–C) groups is 1. The van der Waals surface area contributed by atoms with Gasteiger partial charge in [-0.25, -0.2) is 0 Å². The molecule has 2 fully saturated rings. The molecule has 1 aromatic carbocycles. The smallest absolute Gasteiger partial charge is 0.220 e. The van der Waals surface area contributed by atoms with Gasteiger partial charge in [0.2, 0.25) is 5.91 Å². The standard InChI is InChI=1S/C23H37ClN6O/c1-2-26-23(27-11-3-4-12-29-13-8-18(9-14-29)22(25)31)28-20-10-15-30(17-20)21-7-5-6-19(24)16-21/h5-7,16,18,20H,2-4,8-15,17H2,1H3,(H2,25,31)(H2,26,27,28). The molecule has 0 aliphatic carbocycles. The van der Waals surface area contributed by atoms with Gasteiger partial charge in [-0.1, -0.05) is 17.7 Å². The summed E-state index contributed by atoms with van der Waals surface area (Å²) in [7, 11) is 0. The number of piperidine rings is 1. The molecule has 0 radical (unpaired) electrons. The predicted molar refractivity (Wildman–Crippen MR) is 129 cm³/mol. The van der Waals surface area contributed by atoms with Crippen LogP contribution in [0.2, 0.25) is 5.02 Å². The molecule has 7 nitrogen and oxygen atoms in total. The highest BCUT2D eigenvalue weighted by molar-refractivity contribution is 6.30. The van der Waals surface area contributed by atoms with Crippen molar-refractivity contribution in [3.05, 3.63) is 29.3 Å². The summed E-state index contributed by atoms with van der Waals surface area (Å²) in [6, 6.07) is 8.44. The molecule has 2 saturated heterocycles. The first-order valence-corrected chi connectivity index (χ1v) is 12.0. The first kappa shape index (κ1) is 23.7. The molecule has 0 aromatic heterocycles. The number of anilines is 1. The molecular formula is C23H37ClN6O. The zero-order valence-corrected chi connectivity index (χ0v) is 19.4. The molecule has 1 atom stereocenters. The number of carbonyl (C=O) groups is 1. The van der Waals surface area contributed by atoms with Crippen molar-refractivity contribution in [1.29, 1.82) is 0 Å². The van der Waals surface area contributed by atoms with Crippen molar-refractivity contribution in [3.8, 4) is 0 Å². The number of nitrogens with two attached hydrogens (primary N) is 1. The molecule has 8 heteroatoms. The van der Waals surface area contributed by atoms with Gasteiger partial charge in [-0.2, -0.15) is 0 Å². The van der Waals surface area contributed by atoms with E-state index in [2.05, 4.69) is 33.4 Å². The lowest BCUT2D eigenvalue weighted by Crippen LogP contribution is -2.44. The number of amides is 1. The Labute approximate surface area is 191 Å². The lowest BCUT2D eigenvalue weighted by atomic mass is 9.96. The van der Waals surface area contributed by atoms with Crippen molar-refractivity contribution in [1.82, 2.24) is 15.5 Å². The van der Waals surface area contributed by atoms with Crippen LogP contribution in [0.25, 0.3) is 0 Å². The summed E-state index contributed by atoms with van der Waals surface area (Å²) in [5.41, 5.74) is 6.59. The van der Waals surface area contributed by atoms with E-state index in [1.807, 2.05) is 18.2 Å². The maximum absolute atomic E-state index is 11.3. The molecule has 4 N–H and O–H groups in total. The minimum absolute atomic E-state index is 0.0694. The number of nitrogens with one attached hydrogen (secondary N) is 2.